The van der Waals surface area contributed by atoms with Crippen molar-refractivity contribution in [2.24, 2.45) is 5.73 Å². The fourth-order valence-electron chi connectivity index (χ4n) is 2.67. The van der Waals surface area contributed by atoms with Gasteiger partial charge in [-0.3, -0.25) is 9.78 Å². The van der Waals surface area contributed by atoms with E-state index in [2.05, 4.69) is 15.0 Å². The number of hydrogen-bond donors (Lipinski definition) is 3. The highest BCUT2D eigenvalue weighted by atomic mass is 19.4. The maximum Gasteiger partial charge on any atom is 0.405 e. The summed E-state index contributed by atoms with van der Waals surface area (Å²) in [4.78, 5) is 23.4. The first-order valence-electron chi connectivity index (χ1n) is 8.09. The maximum absolute atomic E-state index is 12.4. The molecule has 1 amide bonds. The average molecular weight is 388 g/mol. The van der Waals surface area contributed by atoms with Gasteiger partial charge in [0.2, 0.25) is 5.91 Å². The van der Waals surface area contributed by atoms with Gasteiger partial charge >= 0.3 is 6.18 Å². The summed E-state index contributed by atoms with van der Waals surface area (Å²) in [6, 6.07) is 5.23. The highest BCUT2D eigenvalue weighted by Crippen LogP contribution is 2.30. The molecule has 3 aromatic heterocycles. The second-order valence-electron chi connectivity index (χ2n) is 6.40. The van der Waals surface area contributed by atoms with Crippen LogP contribution in [0, 0.1) is 11.3 Å². The van der Waals surface area contributed by atoms with Gasteiger partial charge in [-0.1, -0.05) is 0 Å². The predicted octanol–water partition coefficient (Wildman–Crippen LogP) is 2.35. The number of nitrogens with zero attached hydrogens (tertiary/aromatic N) is 3. The second kappa shape index (κ2) is 6.94. The number of carbonyl (C=O) groups is 1. The highest BCUT2D eigenvalue weighted by molar-refractivity contribution is 5.94. The van der Waals surface area contributed by atoms with Crippen molar-refractivity contribution in [3.05, 3.63) is 48.0 Å². The molecule has 7 nitrogen and oxygen atoms in total. The Bertz CT molecular complexity index is 1080. The smallest absolute Gasteiger partial charge is 0.346 e. The van der Waals surface area contributed by atoms with Gasteiger partial charge in [0.05, 0.1) is 5.56 Å². The van der Waals surface area contributed by atoms with Crippen molar-refractivity contribution in [2.45, 2.75) is 18.6 Å². The van der Waals surface area contributed by atoms with Crippen LogP contribution in [0.3, 0.4) is 0 Å². The number of nitriles is 1. The molecule has 3 heterocycles. The molecular weight excluding hydrogens is 373 g/mol. The van der Waals surface area contributed by atoms with Crippen LogP contribution in [0.15, 0.2) is 36.9 Å². The van der Waals surface area contributed by atoms with Crippen molar-refractivity contribution in [3.63, 3.8) is 0 Å². The SMILES string of the molecule is C[C@@](N)(C(=O)NCC(F)(F)F)c1cncc(-c2c[nH]c3ncc(C#N)cc23)c1. The molecule has 0 fully saturated rings. The van der Waals surface area contributed by atoms with E-state index in [-0.39, 0.29) is 5.56 Å². The Morgan fingerprint density at radius 2 is 2.07 bits per heavy atom. The minimum atomic E-state index is -4.54. The molecule has 0 aliphatic rings. The molecular formula is C18H15F3N6O. The Balaban J connectivity index is 1.96. The van der Waals surface area contributed by atoms with Gasteiger partial charge in [-0.05, 0) is 19.1 Å². The van der Waals surface area contributed by atoms with E-state index in [0.717, 1.165) is 0 Å². The van der Waals surface area contributed by atoms with Crippen LogP contribution < -0.4 is 11.1 Å². The Morgan fingerprint density at radius 1 is 1.32 bits per heavy atom. The topological polar surface area (TPSA) is 120 Å². The number of nitrogens with one attached hydrogen (secondary N) is 2. The first-order chi connectivity index (χ1) is 13.1. The van der Waals surface area contributed by atoms with E-state index in [1.54, 1.807) is 23.6 Å². The molecule has 0 radical (unpaired) electrons. The zero-order valence-corrected chi connectivity index (χ0v) is 14.6. The molecule has 0 aliphatic heterocycles. The fourth-order valence-corrected chi connectivity index (χ4v) is 2.67. The highest BCUT2D eigenvalue weighted by Gasteiger charge is 2.35. The minimum absolute atomic E-state index is 0.239. The van der Waals surface area contributed by atoms with E-state index in [9.17, 15) is 18.0 Å². The summed E-state index contributed by atoms with van der Waals surface area (Å²) in [5, 5.41) is 11.5. The Morgan fingerprint density at radius 3 is 2.75 bits per heavy atom. The van der Waals surface area contributed by atoms with Crippen molar-refractivity contribution in [1.82, 2.24) is 20.3 Å². The lowest BCUT2D eigenvalue weighted by atomic mass is 9.91. The molecule has 0 unspecified atom stereocenters. The van der Waals surface area contributed by atoms with Gasteiger partial charge < -0.3 is 16.0 Å². The molecule has 10 heteroatoms. The van der Waals surface area contributed by atoms with E-state index in [0.29, 0.717) is 27.7 Å². The van der Waals surface area contributed by atoms with Gasteiger partial charge in [0, 0.05) is 46.9 Å². The molecule has 0 bridgehead atoms. The molecule has 0 saturated carbocycles. The van der Waals surface area contributed by atoms with Crippen LogP contribution in [-0.2, 0) is 10.3 Å². The van der Waals surface area contributed by atoms with Crippen molar-refractivity contribution < 1.29 is 18.0 Å². The first kappa shape index (κ1) is 19.3. The Hall–Kier alpha value is -3.45. The Kier molecular flexibility index (Phi) is 4.79. The third kappa shape index (κ3) is 3.79. The lowest BCUT2D eigenvalue weighted by molar-refractivity contribution is -0.141. The lowest BCUT2D eigenvalue weighted by Gasteiger charge is -2.24. The molecule has 144 valence electrons. The number of aromatic amines is 1. The van der Waals surface area contributed by atoms with E-state index in [1.165, 1.54) is 25.5 Å². The second-order valence-corrected chi connectivity index (χ2v) is 6.40. The molecule has 1 atom stereocenters. The van der Waals surface area contributed by atoms with Gasteiger partial charge in [0.15, 0.2) is 0 Å². The zero-order valence-electron chi connectivity index (χ0n) is 14.6. The van der Waals surface area contributed by atoms with Gasteiger partial charge in [-0.2, -0.15) is 18.4 Å². The van der Waals surface area contributed by atoms with Crippen molar-refractivity contribution in [1.29, 1.82) is 5.26 Å². The zero-order chi connectivity index (χ0) is 20.5. The predicted molar refractivity (Wildman–Crippen MR) is 94.6 cm³/mol. The maximum atomic E-state index is 12.4. The molecule has 28 heavy (non-hydrogen) atoms. The largest absolute Gasteiger partial charge is 0.405 e. The van der Waals surface area contributed by atoms with Crippen molar-refractivity contribution in [3.8, 4) is 17.2 Å². The van der Waals surface area contributed by atoms with E-state index in [1.807, 2.05) is 6.07 Å². The molecule has 0 saturated heterocycles. The summed E-state index contributed by atoms with van der Waals surface area (Å²) < 4.78 is 37.1. The van der Waals surface area contributed by atoms with Crippen LogP contribution in [0.2, 0.25) is 0 Å². The number of alkyl halides is 3. The monoisotopic (exact) mass is 388 g/mol. The van der Waals surface area contributed by atoms with Crippen LogP contribution in [0.5, 0.6) is 0 Å². The van der Waals surface area contributed by atoms with Gasteiger partial charge in [-0.25, -0.2) is 4.98 Å². The number of fused-ring (bicyclic) bond motifs is 1. The number of carbonyl (C=O) groups excluding carboxylic acids is 1. The van der Waals surface area contributed by atoms with E-state index in [4.69, 9.17) is 11.0 Å². The number of halogens is 3. The number of pyridine rings is 2. The summed E-state index contributed by atoms with van der Waals surface area (Å²) >= 11 is 0. The van der Waals surface area contributed by atoms with E-state index >= 15 is 0 Å². The van der Waals surface area contributed by atoms with Crippen LogP contribution >= 0.6 is 0 Å². The van der Waals surface area contributed by atoms with Gasteiger partial charge in [0.1, 0.15) is 23.8 Å². The molecule has 0 aromatic carbocycles. The van der Waals surface area contributed by atoms with Gasteiger partial charge in [-0.15, -0.1) is 0 Å². The summed E-state index contributed by atoms with van der Waals surface area (Å²) in [6.07, 6.45) is 1.40. The summed E-state index contributed by atoms with van der Waals surface area (Å²) in [7, 11) is 0. The minimum Gasteiger partial charge on any atom is -0.346 e. The van der Waals surface area contributed by atoms with E-state index < -0.39 is 24.2 Å². The van der Waals surface area contributed by atoms with Crippen LogP contribution in [0.25, 0.3) is 22.2 Å². The third-order valence-corrected chi connectivity index (χ3v) is 4.23. The summed E-state index contributed by atoms with van der Waals surface area (Å²) in [6.45, 7) is -0.166. The first-order valence-corrected chi connectivity index (χ1v) is 8.09. The molecule has 0 spiro atoms. The number of rotatable bonds is 4. The number of aromatic nitrogens is 3. The van der Waals surface area contributed by atoms with Crippen LogP contribution in [0.1, 0.15) is 18.1 Å². The Labute approximate surface area is 157 Å². The normalized spacial score (nSPS) is 13.7. The molecule has 3 rings (SSSR count). The number of H-pyrrole nitrogens is 1. The van der Waals surface area contributed by atoms with Gasteiger partial charge in [0.25, 0.3) is 0 Å². The number of amides is 1. The third-order valence-electron chi connectivity index (χ3n) is 4.23. The summed E-state index contributed by atoms with van der Waals surface area (Å²) in [5.41, 5.74) is 6.68. The molecule has 3 aromatic rings. The molecule has 4 N–H and O–H groups in total. The fraction of sp³-hybridized carbons (Fsp3) is 0.222. The average Bonchev–Trinajstić information content (AvgIpc) is 3.08. The van der Waals surface area contributed by atoms with Crippen LogP contribution in [0.4, 0.5) is 13.2 Å². The number of nitrogens with two attached hydrogens (primary N) is 1. The standard InChI is InChI=1S/C18H15F3N6O/c1-17(23,16(28)27-9-18(19,20)21)12-3-11(6-24-7-12)14-8-26-15-13(14)2-10(4-22)5-25-15/h2-3,5-8H,9,23H2,1H3,(H,25,26)(H,27,28)/t17-/m0/s1. The van der Waals surface area contributed by atoms with Crippen LogP contribution in [-0.4, -0.2) is 33.6 Å². The van der Waals surface area contributed by atoms with Crippen molar-refractivity contribution >= 4 is 16.9 Å². The molecule has 0 aliphatic carbocycles. The quantitative estimate of drug-likeness (QED) is 0.634. The summed E-state index contributed by atoms with van der Waals surface area (Å²) in [5.74, 6) is -0.976. The lowest BCUT2D eigenvalue weighted by Crippen LogP contribution is -2.51. The van der Waals surface area contributed by atoms with Crippen molar-refractivity contribution in [2.75, 3.05) is 6.54 Å². The number of hydrogen-bond acceptors (Lipinski definition) is 5.